The zero-order chi connectivity index (χ0) is 21.3. The number of halogens is 1. The molecular formula is C23H27FN2O4. The van der Waals surface area contributed by atoms with Gasteiger partial charge >= 0.3 is 5.97 Å². The Kier molecular flexibility index (Phi) is 7.65. The summed E-state index contributed by atoms with van der Waals surface area (Å²) in [6.45, 7) is 4.14. The summed E-state index contributed by atoms with van der Waals surface area (Å²) in [5.41, 5.74) is 1.66. The molecule has 0 spiro atoms. The van der Waals surface area contributed by atoms with Crippen molar-refractivity contribution in [2.45, 2.75) is 19.8 Å². The number of esters is 1. The average molecular weight is 414 g/mol. The van der Waals surface area contributed by atoms with E-state index in [1.165, 1.54) is 6.07 Å². The highest BCUT2D eigenvalue weighted by molar-refractivity contribution is 5.80. The van der Waals surface area contributed by atoms with E-state index in [-0.39, 0.29) is 24.8 Å². The first kappa shape index (κ1) is 21.6. The van der Waals surface area contributed by atoms with Crippen molar-refractivity contribution in [2.24, 2.45) is 0 Å². The summed E-state index contributed by atoms with van der Waals surface area (Å²) in [6, 6.07) is 14.3. The molecule has 0 atom stereocenters. The number of piperazine rings is 1. The average Bonchev–Trinajstić information content (AvgIpc) is 2.76. The summed E-state index contributed by atoms with van der Waals surface area (Å²) in [6.07, 6.45) is 0.711. The van der Waals surface area contributed by atoms with Gasteiger partial charge in [-0.3, -0.25) is 9.59 Å². The zero-order valence-corrected chi connectivity index (χ0v) is 17.2. The minimum Gasteiger partial charge on any atom is -0.494 e. The minimum atomic E-state index is -0.416. The fourth-order valence-corrected chi connectivity index (χ4v) is 3.32. The number of para-hydroxylation sites is 1. The molecule has 0 aromatic heterocycles. The largest absolute Gasteiger partial charge is 0.494 e. The smallest absolute Gasteiger partial charge is 0.306 e. The van der Waals surface area contributed by atoms with Gasteiger partial charge in [-0.2, -0.15) is 0 Å². The number of carbonyl (C=O) groups is 2. The predicted octanol–water partition coefficient (Wildman–Crippen LogP) is 3.19. The Labute approximate surface area is 176 Å². The summed E-state index contributed by atoms with van der Waals surface area (Å²) < 4.78 is 24.6. The highest BCUT2D eigenvalue weighted by Gasteiger charge is 2.23. The molecule has 6 nitrogen and oxygen atoms in total. The van der Waals surface area contributed by atoms with E-state index in [0.717, 1.165) is 11.3 Å². The van der Waals surface area contributed by atoms with Crippen molar-refractivity contribution in [3.05, 3.63) is 59.9 Å². The Balaban J connectivity index is 1.31. The van der Waals surface area contributed by atoms with E-state index in [4.69, 9.17) is 9.47 Å². The van der Waals surface area contributed by atoms with E-state index in [1.54, 1.807) is 23.1 Å². The van der Waals surface area contributed by atoms with Crippen molar-refractivity contribution in [2.75, 3.05) is 44.3 Å². The minimum absolute atomic E-state index is 0.195. The van der Waals surface area contributed by atoms with Gasteiger partial charge in [-0.05, 0) is 43.2 Å². The molecule has 7 heteroatoms. The molecule has 1 fully saturated rings. The van der Waals surface area contributed by atoms with Gasteiger partial charge in [0.1, 0.15) is 11.6 Å². The van der Waals surface area contributed by atoms with Crippen molar-refractivity contribution < 1.29 is 23.5 Å². The first-order chi connectivity index (χ1) is 14.5. The van der Waals surface area contributed by atoms with Crippen LogP contribution in [0, 0.1) is 12.7 Å². The third kappa shape index (κ3) is 6.20. The quantitative estimate of drug-likeness (QED) is 0.491. The lowest BCUT2D eigenvalue weighted by Crippen LogP contribution is -2.50. The van der Waals surface area contributed by atoms with Gasteiger partial charge in [-0.15, -0.1) is 0 Å². The van der Waals surface area contributed by atoms with Crippen LogP contribution in [0.5, 0.6) is 5.75 Å². The van der Waals surface area contributed by atoms with Crippen LogP contribution in [-0.4, -0.2) is 56.2 Å². The lowest BCUT2D eigenvalue weighted by atomic mass is 10.2. The van der Waals surface area contributed by atoms with Gasteiger partial charge in [-0.1, -0.05) is 24.3 Å². The molecule has 1 heterocycles. The second kappa shape index (κ2) is 10.6. The Morgan fingerprint density at radius 2 is 1.80 bits per heavy atom. The van der Waals surface area contributed by atoms with Gasteiger partial charge in [0, 0.05) is 32.6 Å². The number of anilines is 1. The molecule has 0 N–H and O–H groups in total. The van der Waals surface area contributed by atoms with E-state index in [1.807, 2.05) is 36.1 Å². The molecule has 1 saturated heterocycles. The van der Waals surface area contributed by atoms with Crippen LogP contribution in [-0.2, 0) is 14.3 Å². The standard InChI is InChI=1S/C23H27FN2O4/c1-18-6-4-7-19(16-18)29-15-5-10-23(28)30-17-22(27)26-13-11-25(12-14-26)21-9-3-2-8-20(21)24/h2-4,6-9,16H,5,10-15,17H2,1H3. The van der Waals surface area contributed by atoms with Gasteiger partial charge in [0.2, 0.25) is 0 Å². The van der Waals surface area contributed by atoms with Gasteiger partial charge < -0.3 is 19.3 Å². The highest BCUT2D eigenvalue weighted by atomic mass is 19.1. The Morgan fingerprint density at radius 1 is 1.03 bits per heavy atom. The molecule has 1 amide bonds. The summed E-state index contributed by atoms with van der Waals surface area (Å²) in [7, 11) is 0. The number of hydrogen-bond acceptors (Lipinski definition) is 5. The predicted molar refractivity (Wildman–Crippen MR) is 112 cm³/mol. The van der Waals surface area contributed by atoms with Crippen LogP contribution in [0.2, 0.25) is 0 Å². The van der Waals surface area contributed by atoms with Crippen molar-refractivity contribution in [3.8, 4) is 5.75 Å². The molecule has 0 unspecified atom stereocenters. The molecule has 0 saturated carbocycles. The fraction of sp³-hybridized carbons (Fsp3) is 0.391. The summed E-state index contributed by atoms with van der Waals surface area (Å²) >= 11 is 0. The third-order valence-electron chi connectivity index (χ3n) is 4.97. The van der Waals surface area contributed by atoms with Crippen LogP contribution in [0.1, 0.15) is 18.4 Å². The van der Waals surface area contributed by atoms with Gasteiger partial charge in [0.15, 0.2) is 6.61 Å². The number of carbonyl (C=O) groups excluding carboxylic acids is 2. The first-order valence-electron chi connectivity index (χ1n) is 10.2. The van der Waals surface area contributed by atoms with Gasteiger partial charge in [0.05, 0.1) is 12.3 Å². The van der Waals surface area contributed by atoms with Crippen molar-refractivity contribution >= 4 is 17.6 Å². The van der Waals surface area contributed by atoms with Gasteiger partial charge in [-0.25, -0.2) is 4.39 Å². The lowest BCUT2D eigenvalue weighted by Gasteiger charge is -2.36. The molecule has 0 bridgehead atoms. The lowest BCUT2D eigenvalue weighted by molar-refractivity contribution is -0.152. The van der Waals surface area contributed by atoms with E-state index in [0.29, 0.717) is 44.9 Å². The monoisotopic (exact) mass is 414 g/mol. The second-order valence-corrected chi connectivity index (χ2v) is 7.25. The van der Waals surface area contributed by atoms with Gasteiger partial charge in [0.25, 0.3) is 5.91 Å². The first-order valence-corrected chi connectivity index (χ1v) is 10.2. The summed E-state index contributed by atoms with van der Waals surface area (Å²) in [5.74, 6) is -0.139. The van der Waals surface area contributed by atoms with Crippen LogP contribution in [0.25, 0.3) is 0 Å². The number of aryl methyl sites for hydroxylation is 1. The number of ether oxygens (including phenoxy) is 2. The van der Waals surface area contributed by atoms with Crippen molar-refractivity contribution in [1.29, 1.82) is 0 Å². The SMILES string of the molecule is Cc1cccc(OCCCC(=O)OCC(=O)N2CCN(c3ccccc3F)CC2)c1. The topological polar surface area (TPSA) is 59.1 Å². The molecule has 2 aromatic carbocycles. The Morgan fingerprint density at radius 3 is 2.53 bits per heavy atom. The number of benzene rings is 2. The summed E-state index contributed by atoms with van der Waals surface area (Å²) in [5, 5.41) is 0. The second-order valence-electron chi connectivity index (χ2n) is 7.25. The zero-order valence-electron chi connectivity index (χ0n) is 17.2. The number of hydrogen-bond donors (Lipinski definition) is 0. The number of nitrogens with zero attached hydrogens (tertiary/aromatic N) is 2. The molecule has 160 valence electrons. The van der Waals surface area contributed by atoms with Crippen molar-refractivity contribution in [1.82, 2.24) is 4.90 Å². The molecule has 1 aliphatic rings. The number of amides is 1. The van der Waals surface area contributed by atoms with Crippen LogP contribution < -0.4 is 9.64 Å². The molecule has 1 aliphatic heterocycles. The molecule has 3 rings (SSSR count). The highest BCUT2D eigenvalue weighted by Crippen LogP contribution is 2.20. The van der Waals surface area contributed by atoms with E-state index >= 15 is 0 Å². The molecule has 0 radical (unpaired) electrons. The van der Waals surface area contributed by atoms with Crippen LogP contribution >= 0.6 is 0 Å². The third-order valence-corrected chi connectivity index (χ3v) is 4.97. The Hall–Kier alpha value is -3.09. The maximum atomic E-state index is 13.9. The van der Waals surface area contributed by atoms with Crippen LogP contribution in [0.3, 0.4) is 0 Å². The van der Waals surface area contributed by atoms with E-state index < -0.39 is 5.97 Å². The van der Waals surface area contributed by atoms with E-state index in [9.17, 15) is 14.0 Å². The maximum Gasteiger partial charge on any atom is 0.306 e. The van der Waals surface area contributed by atoms with Crippen LogP contribution in [0.4, 0.5) is 10.1 Å². The maximum absolute atomic E-state index is 13.9. The molecule has 0 aliphatic carbocycles. The molecule has 30 heavy (non-hydrogen) atoms. The number of rotatable bonds is 8. The molecule has 2 aromatic rings. The van der Waals surface area contributed by atoms with E-state index in [2.05, 4.69) is 0 Å². The summed E-state index contributed by atoms with van der Waals surface area (Å²) in [4.78, 5) is 27.7. The normalized spacial score (nSPS) is 13.8. The van der Waals surface area contributed by atoms with Crippen LogP contribution in [0.15, 0.2) is 48.5 Å². The molecular weight excluding hydrogens is 387 g/mol. The fourth-order valence-electron chi connectivity index (χ4n) is 3.32. The van der Waals surface area contributed by atoms with Crippen molar-refractivity contribution in [3.63, 3.8) is 0 Å². The Bertz CT molecular complexity index is 866.